The second-order valence-electron chi connectivity index (χ2n) is 25.1. The molecule has 4 aromatic heterocycles. The van der Waals surface area contributed by atoms with Gasteiger partial charge >= 0.3 is 0 Å². The van der Waals surface area contributed by atoms with E-state index in [4.69, 9.17) is 29.9 Å². The second-order valence-corrected chi connectivity index (χ2v) is 25.1. The van der Waals surface area contributed by atoms with Crippen LogP contribution in [0, 0.1) is 0 Å². The molecule has 2 aliphatic heterocycles. The van der Waals surface area contributed by atoms with Crippen molar-refractivity contribution in [3.63, 3.8) is 0 Å². The van der Waals surface area contributed by atoms with Crippen LogP contribution in [-0.2, 0) is 0 Å². The van der Waals surface area contributed by atoms with Crippen LogP contribution in [-0.4, -0.2) is 39.0 Å². The summed E-state index contributed by atoms with van der Waals surface area (Å²) in [5, 5.41) is 7.18. The SMILES string of the molecule is c1ccc(-c2nc(-c3ccccc3)nc(-c3cccc(N4c5cc6ccccc6cc5-c5ccccc5-n5c4cc4ccccc45)c3)n2)cc1.c1ccc(-c2nc(-c3ccccc3)nc(-c3cccc(N4c5ccc6ccccc6c5-c5ccccc5-n5c4cc4ccccc45)c3)n2)cc1. The molecule has 0 amide bonds. The number of benzene rings is 14. The summed E-state index contributed by atoms with van der Waals surface area (Å²) in [4.78, 5) is 34.9. The molecule has 20 rings (SSSR count). The third-order valence-electron chi connectivity index (χ3n) is 19.1. The quantitative estimate of drug-likeness (QED) is 0.149. The van der Waals surface area contributed by atoms with Gasteiger partial charge in [0.1, 0.15) is 11.6 Å². The number of hydrogen-bond acceptors (Lipinski definition) is 8. The number of fused-ring (bicyclic) bond motifs is 17. The Balaban J connectivity index is 0.000000139. The Kier molecular flexibility index (Phi) is 14.0. The topological polar surface area (TPSA) is 93.7 Å². The van der Waals surface area contributed by atoms with E-state index in [9.17, 15) is 0 Å². The van der Waals surface area contributed by atoms with Gasteiger partial charge in [0.25, 0.3) is 0 Å². The third-order valence-corrected chi connectivity index (χ3v) is 19.1. The molecular weight excluding hydrogens is 1220 g/mol. The molecule has 0 saturated heterocycles. The zero-order valence-corrected chi connectivity index (χ0v) is 54.0. The van der Waals surface area contributed by atoms with Crippen LogP contribution in [0.15, 0.2) is 352 Å². The highest BCUT2D eigenvalue weighted by Crippen LogP contribution is 2.53. The van der Waals surface area contributed by atoms with Crippen molar-refractivity contribution < 1.29 is 0 Å². The molecule has 0 bridgehead atoms. The molecule has 0 N–H and O–H groups in total. The zero-order valence-electron chi connectivity index (χ0n) is 54.0. The molecule has 0 aliphatic carbocycles. The normalized spacial score (nSPS) is 12.0. The lowest BCUT2D eigenvalue weighted by Crippen LogP contribution is -2.13. The van der Waals surface area contributed by atoms with Crippen LogP contribution in [0.2, 0.25) is 0 Å². The van der Waals surface area contributed by atoms with E-state index < -0.39 is 0 Å². The average molecular weight is 1280 g/mol. The summed E-state index contributed by atoms with van der Waals surface area (Å²) in [5.74, 6) is 5.94. The largest absolute Gasteiger partial charge is 0.295 e. The van der Waals surface area contributed by atoms with Gasteiger partial charge in [-0.3, -0.25) is 18.9 Å². The van der Waals surface area contributed by atoms with Gasteiger partial charge in [-0.05, 0) is 100 Å². The fourth-order valence-electron chi connectivity index (χ4n) is 14.5. The molecule has 10 heteroatoms. The van der Waals surface area contributed by atoms with E-state index in [1.54, 1.807) is 0 Å². The molecule has 0 radical (unpaired) electrons. The molecule has 100 heavy (non-hydrogen) atoms. The number of aromatic nitrogens is 8. The first-order valence-electron chi connectivity index (χ1n) is 33.6. The van der Waals surface area contributed by atoms with Crippen molar-refractivity contribution in [3.8, 4) is 102 Å². The highest BCUT2D eigenvalue weighted by atomic mass is 15.3. The van der Waals surface area contributed by atoms with Crippen molar-refractivity contribution >= 4 is 77.7 Å². The molecule has 0 fully saturated rings. The Bertz CT molecular complexity index is 5870. The minimum absolute atomic E-state index is 0.622. The molecule has 0 saturated carbocycles. The molecule has 6 heterocycles. The molecule has 0 unspecified atom stereocenters. The standard InChI is InChI=1S/2C45H29N5/c1-3-15-31(16-4-1)43-46-44(32-17-5-2-6-18-32)48-45(47-43)34-20-13-21-35(28-34)49-40-27-26-30-14-7-9-22-36(30)42(40)37-23-10-12-25-39(37)50-38-24-11-8-19-33(38)29-41(49)50;1-3-14-30(15-4-1)43-46-44(31-16-5-2-6-17-31)48-45(47-43)35-21-13-22-36(26-35)49-41-28-33-19-8-7-18-32(33)27-38(41)37-23-10-12-25-40(37)50-39-24-11-9-20-34(39)29-42(49)50/h2*1-29H. The number of anilines is 6. The molecule has 0 spiro atoms. The van der Waals surface area contributed by atoms with Gasteiger partial charge in [-0.1, -0.05) is 273 Å². The van der Waals surface area contributed by atoms with Gasteiger partial charge in [0.05, 0.1) is 33.8 Å². The zero-order chi connectivity index (χ0) is 66.0. The van der Waals surface area contributed by atoms with Gasteiger partial charge in [-0.2, -0.15) is 0 Å². The van der Waals surface area contributed by atoms with Gasteiger partial charge in [0, 0.05) is 77.8 Å². The Labute approximate surface area is 577 Å². The van der Waals surface area contributed by atoms with E-state index in [-0.39, 0.29) is 0 Å². The van der Waals surface area contributed by atoms with Crippen molar-refractivity contribution in [2.24, 2.45) is 0 Å². The van der Waals surface area contributed by atoms with Crippen molar-refractivity contribution in [1.29, 1.82) is 0 Å². The average Bonchev–Trinajstić information content (AvgIpc) is 1.59. The first kappa shape index (κ1) is 57.7. The monoisotopic (exact) mass is 1280 g/mol. The first-order chi connectivity index (χ1) is 49.6. The van der Waals surface area contributed by atoms with Crippen LogP contribution in [0.25, 0.3) is 145 Å². The number of para-hydroxylation sites is 4. The van der Waals surface area contributed by atoms with E-state index in [0.29, 0.717) is 34.9 Å². The lowest BCUT2D eigenvalue weighted by Gasteiger charge is -2.27. The van der Waals surface area contributed by atoms with E-state index in [1.807, 2.05) is 121 Å². The summed E-state index contributed by atoms with van der Waals surface area (Å²) in [6.07, 6.45) is 0. The van der Waals surface area contributed by atoms with Crippen LogP contribution in [0.5, 0.6) is 0 Å². The third kappa shape index (κ3) is 10.0. The maximum Gasteiger partial charge on any atom is 0.164 e. The van der Waals surface area contributed by atoms with Crippen LogP contribution in [0.4, 0.5) is 34.4 Å². The van der Waals surface area contributed by atoms with Gasteiger partial charge in [-0.25, -0.2) is 29.9 Å². The molecule has 468 valence electrons. The predicted octanol–water partition coefficient (Wildman–Crippen LogP) is 22.8. The van der Waals surface area contributed by atoms with E-state index in [2.05, 4.69) is 249 Å². The molecule has 14 aromatic carbocycles. The minimum Gasteiger partial charge on any atom is -0.295 e. The molecule has 0 atom stereocenters. The predicted molar refractivity (Wildman–Crippen MR) is 408 cm³/mol. The summed E-state index contributed by atoms with van der Waals surface area (Å²) in [6.45, 7) is 0. The lowest BCUT2D eigenvalue weighted by molar-refractivity contribution is 1.07. The van der Waals surface area contributed by atoms with Gasteiger partial charge in [0.15, 0.2) is 34.9 Å². The minimum atomic E-state index is 0.622. The van der Waals surface area contributed by atoms with E-state index >= 15 is 0 Å². The first-order valence-corrected chi connectivity index (χ1v) is 33.6. The lowest BCUT2D eigenvalue weighted by atomic mass is 9.94. The smallest absolute Gasteiger partial charge is 0.164 e. The fourth-order valence-corrected chi connectivity index (χ4v) is 14.5. The molecule has 2 aliphatic rings. The Morgan fingerprint density at radius 2 is 0.560 bits per heavy atom. The van der Waals surface area contributed by atoms with Crippen LogP contribution < -0.4 is 9.80 Å². The summed E-state index contributed by atoms with van der Waals surface area (Å²) < 4.78 is 4.79. The summed E-state index contributed by atoms with van der Waals surface area (Å²) in [5.41, 5.74) is 19.2. The second kappa shape index (κ2) is 24.2. The summed E-state index contributed by atoms with van der Waals surface area (Å²) in [7, 11) is 0. The molecular formula is C90H58N10. The molecule has 10 nitrogen and oxygen atoms in total. The van der Waals surface area contributed by atoms with Crippen molar-refractivity contribution in [2.45, 2.75) is 0 Å². The van der Waals surface area contributed by atoms with E-state index in [1.165, 1.54) is 54.6 Å². The van der Waals surface area contributed by atoms with Gasteiger partial charge in [-0.15, -0.1) is 0 Å². The van der Waals surface area contributed by atoms with Crippen molar-refractivity contribution in [3.05, 3.63) is 352 Å². The maximum atomic E-state index is 5.05. The van der Waals surface area contributed by atoms with Crippen LogP contribution in [0.3, 0.4) is 0 Å². The Morgan fingerprint density at radius 1 is 0.200 bits per heavy atom. The van der Waals surface area contributed by atoms with Crippen LogP contribution in [0.1, 0.15) is 0 Å². The number of nitrogens with zero attached hydrogens (tertiary/aromatic N) is 10. The number of hydrogen-bond donors (Lipinski definition) is 0. The molecule has 18 aromatic rings. The maximum absolute atomic E-state index is 5.05. The Morgan fingerprint density at radius 3 is 1.05 bits per heavy atom. The summed E-state index contributed by atoms with van der Waals surface area (Å²) >= 11 is 0. The van der Waals surface area contributed by atoms with Gasteiger partial charge in [0.2, 0.25) is 0 Å². The Hall–Kier alpha value is -13.7. The van der Waals surface area contributed by atoms with E-state index in [0.717, 1.165) is 90.2 Å². The van der Waals surface area contributed by atoms with Crippen molar-refractivity contribution in [2.75, 3.05) is 9.80 Å². The van der Waals surface area contributed by atoms with Crippen molar-refractivity contribution in [1.82, 2.24) is 39.0 Å². The fraction of sp³-hybridized carbons (Fsp3) is 0. The number of rotatable bonds is 8. The van der Waals surface area contributed by atoms with Gasteiger partial charge < -0.3 is 0 Å². The summed E-state index contributed by atoms with van der Waals surface area (Å²) in [6, 6.07) is 123. The van der Waals surface area contributed by atoms with Crippen LogP contribution >= 0.6 is 0 Å². The highest BCUT2D eigenvalue weighted by Gasteiger charge is 2.32. The highest BCUT2D eigenvalue weighted by molar-refractivity contribution is 6.10.